The second-order valence-corrected chi connectivity index (χ2v) is 6.05. The zero-order chi connectivity index (χ0) is 12.0. The standard InChI is InChI=1S/C9H16BrN3O2S/c1-2-8(3-5-10)7-12-16(14,15)9-4-6-11-13-9/h4,6,8,12H,2-3,5,7H2,1H3,(H,11,13). The van der Waals surface area contributed by atoms with Crippen molar-refractivity contribution in [1.82, 2.24) is 14.9 Å². The van der Waals surface area contributed by atoms with Crippen molar-refractivity contribution in [2.45, 2.75) is 24.8 Å². The molecular weight excluding hydrogens is 294 g/mol. The van der Waals surface area contributed by atoms with E-state index < -0.39 is 10.0 Å². The Hall–Kier alpha value is -0.400. The minimum atomic E-state index is -3.42. The van der Waals surface area contributed by atoms with E-state index >= 15 is 0 Å². The van der Waals surface area contributed by atoms with Crippen molar-refractivity contribution in [3.8, 4) is 0 Å². The van der Waals surface area contributed by atoms with Crippen molar-refractivity contribution < 1.29 is 8.42 Å². The normalized spacial score (nSPS) is 13.9. The van der Waals surface area contributed by atoms with Gasteiger partial charge < -0.3 is 0 Å². The summed E-state index contributed by atoms with van der Waals surface area (Å²) >= 11 is 3.36. The van der Waals surface area contributed by atoms with Gasteiger partial charge in [-0.3, -0.25) is 5.10 Å². The molecule has 0 aliphatic rings. The predicted molar refractivity (Wildman–Crippen MR) is 66.0 cm³/mol. The minimum absolute atomic E-state index is 0.112. The molecule has 0 bridgehead atoms. The number of alkyl halides is 1. The van der Waals surface area contributed by atoms with Crippen LogP contribution >= 0.6 is 15.9 Å². The first-order chi connectivity index (χ1) is 7.60. The van der Waals surface area contributed by atoms with E-state index in [0.717, 1.165) is 18.2 Å². The Morgan fingerprint density at radius 2 is 2.38 bits per heavy atom. The van der Waals surface area contributed by atoms with Crippen molar-refractivity contribution >= 4 is 26.0 Å². The maximum absolute atomic E-state index is 11.7. The second kappa shape index (κ2) is 6.36. The van der Waals surface area contributed by atoms with Gasteiger partial charge in [0.25, 0.3) is 10.0 Å². The Morgan fingerprint density at radius 1 is 1.62 bits per heavy atom. The van der Waals surface area contributed by atoms with Crippen LogP contribution in [0.15, 0.2) is 17.3 Å². The summed E-state index contributed by atoms with van der Waals surface area (Å²) in [6.45, 7) is 2.52. The fourth-order valence-corrected chi connectivity index (χ4v) is 2.97. The highest BCUT2D eigenvalue weighted by molar-refractivity contribution is 9.09. The average molecular weight is 310 g/mol. The summed E-state index contributed by atoms with van der Waals surface area (Å²) in [7, 11) is -3.42. The molecule has 0 saturated carbocycles. The topological polar surface area (TPSA) is 74.8 Å². The molecule has 0 aliphatic heterocycles. The van der Waals surface area contributed by atoms with Gasteiger partial charge in [-0.15, -0.1) is 0 Å². The molecule has 16 heavy (non-hydrogen) atoms. The van der Waals surface area contributed by atoms with Gasteiger partial charge in [0.1, 0.15) is 0 Å². The van der Waals surface area contributed by atoms with Gasteiger partial charge >= 0.3 is 0 Å². The summed E-state index contributed by atoms with van der Waals surface area (Å²) in [4.78, 5) is 0. The monoisotopic (exact) mass is 309 g/mol. The lowest BCUT2D eigenvalue weighted by Crippen LogP contribution is -2.29. The van der Waals surface area contributed by atoms with E-state index in [-0.39, 0.29) is 5.03 Å². The van der Waals surface area contributed by atoms with Crippen LogP contribution in [0, 0.1) is 5.92 Å². The Labute approximate surface area is 104 Å². The number of halogens is 1. The van der Waals surface area contributed by atoms with Crippen LogP contribution in [0.3, 0.4) is 0 Å². The molecule has 0 saturated heterocycles. The third kappa shape index (κ3) is 3.88. The van der Waals surface area contributed by atoms with Gasteiger partial charge in [-0.05, 0) is 18.4 Å². The van der Waals surface area contributed by atoms with Gasteiger partial charge in [0.2, 0.25) is 0 Å². The average Bonchev–Trinajstić information content (AvgIpc) is 2.78. The van der Waals surface area contributed by atoms with Crippen LogP contribution in [-0.4, -0.2) is 30.5 Å². The number of hydrogen-bond donors (Lipinski definition) is 2. The van der Waals surface area contributed by atoms with Crippen molar-refractivity contribution in [3.63, 3.8) is 0 Å². The maximum Gasteiger partial charge on any atom is 0.257 e. The molecule has 0 aliphatic carbocycles. The van der Waals surface area contributed by atoms with Gasteiger partial charge in [0.15, 0.2) is 5.03 Å². The number of hydrogen-bond acceptors (Lipinski definition) is 3. The number of nitrogens with zero attached hydrogens (tertiary/aromatic N) is 1. The first kappa shape index (κ1) is 13.7. The number of rotatable bonds is 7. The highest BCUT2D eigenvalue weighted by atomic mass is 79.9. The second-order valence-electron chi connectivity index (χ2n) is 3.52. The number of H-pyrrole nitrogens is 1. The van der Waals surface area contributed by atoms with Crippen LogP contribution in [0.4, 0.5) is 0 Å². The predicted octanol–water partition coefficient (Wildman–Crippen LogP) is 1.50. The van der Waals surface area contributed by atoms with Crippen molar-refractivity contribution in [2.24, 2.45) is 5.92 Å². The van der Waals surface area contributed by atoms with Crippen LogP contribution in [0.25, 0.3) is 0 Å². The molecule has 0 aromatic carbocycles. The molecule has 0 spiro atoms. The van der Waals surface area contributed by atoms with Crippen molar-refractivity contribution in [2.75, 3.05) is 11.9 Å². The Morgan fingerprint density at radius 3 is 2.88 bits per heavy atom. The summed E-state index contributed by atoms with van der Waals surface area (Å²) < 4.78 is 26.0. The van der Waals surface area contributed by atoms with E-state index in [0.29, 0.717) is 12.5 Å². The molecule has 1 aromatic rings. The molecule has 1 aromatic heterocycles. The Kier molecular flexibility index (Phi) is 5.43. The molecule has 1 rings (SSSR count). The Balaban J connectivity index is 2.54. The number of nitrogens with one attached hydrogen (secondary N) is 2. The molecule has 0 fully saturated rings. The molecule has 5 nitrogen and oxygen atoms in total. The van der Waals surface area contributed by atoms with Crippen molar-refractivity contribution in [1.29, 1.82) is 0 Å². The molecule has 0 radical (unpaired) electrons. The van der Waals surface area contributed by atoms with Gasteiger partial charge in [-0.2, -0.15) is 5.10 Å². The maximum atomic E-state index is 11.7. The number of aromatic amines is 1. The minimum Gasteiger partial charge on any atom is -0.266 e. The smallest absolute Gasteiger partial charge is 0.257 e. The van der Waals surface area contributed by atoms with E-state index in [4.69, 9.17) is 0 Å². The highest BCUT2D eigenvalue weighted by Gasteiger charge is 2.16. The zero-order valence-electron chi connectivity index (χ0n) is 9.11. The summed E-state index contributed by atoms with van der Waals surface area (Å²) in [5.41, 5.74) is 0. The van der Waals surface area contributed by atoms with E-state index in [1.807, 2.05) is 0 Å². The molecule has 0 amide bonds. The first-order valence-corrected chi connectivity index (χ1v) is 7.75. The molecule has 7 heteroatoms. The van der Waals surface area contributed by atoms with Crippen LogP contribution < -0.4 is 4.72 Å². The lowest BCUT2D eigenvalue weighted by Gasteiger charge is -2.13. The molecular formula is C9H16BrN3O2S. The summed E-state index contributed by atoms with van der Waals surface area (Å²) in [6.07, 6.45) is 3.34. The quantitative estimate of drug-likeness (QED) is 0.750. The zero-order valence-corrected chi connectivity index (χ0v) is 11.5. The first-order valence-electron chi connectivity index (χ1n) is 5.15. The highest BCUT2D eigenvalue weighted by Crippen LogP contribution is 2.10. The fourth-order valence-electron chi connectivity index (χ4n) is 1.30. The lowest BCUT2D eigenvalue weighted by atomic mass is 10.0. The van der Waals surface area contributed by atoms with Crippen molar-refractivity contribution in [3.05, 3.63) is 12.3 Å². The van der Waals surface area contributed by atoms with Crippen LogP contribution in [0.1, 0.15) is 19.8 Å². The lowest BCUT2D eigenvalue weighted by molar-refractivity contribution is 0.482. The van der Waals surface area contributed by atoms with E-state index in [1.54, 1.807) is 0 Å². The Bertz CT molecular complexity index is 391. The van der Waals surface area contributed by atoms with Gasteiger partial charge in [-0.25, -0.2) is 13.1 Å². The largest absolute Gasteiger partial charge is 0.266 e. The summed E-state index contributed by atoms with van der Waals surface area (Å²) in [5.74, 6) is 0.358. The number of sulfonamides is 1. The van der Waals surface area contributed by atoms with Crippen LogP contribution in [0.5, 0.6) is 0 Å². The van der Waals surface area contributed by atoms with Gasteiger partial charge in [0, 0.05) is 11.9 Å². The van der Waals surface area contributed by atoms with Gasteiger partial charge in [0.05, 0.1) is 6.20 Å². The molecule has 2 N–H and O–H groups in total. The molecule has 1 unspecified atom stereocenters. The SMILES string of the molecule is CCC(CCBr)CNS(=O)(=O)c1ccn[nH]1. The fraction of sp³-hybridized carbons (Fsp3) is 0.667. The molecule has 1 heterocycles. The number of aromatic nitrogens is 2. The third-order valence-corrected chi connectivity index (χ3v) is 4.23. The van der Waals surface area contributed by atoms with Crippen LogP contribution in [-0.2, 0) is 10.0 Å². The third-order valence-electron chi connectivity index (χ3n) is 2.42. The van der Waals surface area contributed by atoms with E-state index in [1.165, 1.54) is 12.3 Å². The molecule has 92 valence electrons. The van der Waals surface area contributed by atoms with E-state index in [9.17, 15) is 8.42 Å². The summed E-state index contributed by atoms with van der Waals surface area (Å²) in [6, 6.07) is 1.44. The summed E-state index contributed by atoms with van der Waals surface area (Å²) in [5, 5.41) is 7.06. The van der Waals surface area contributed by atoms with Crippen LogP contribution in [0.2, 0.25) is 0 Å². The molecule has 1 atom stereocenters. The van der Waals surface area contributed by atoms with E-state index in [2.05, 4.69) is 37.8 Å². The van der Waals surface area contributed by atoms with Gasteiger partial charge in [-0.1, -0.05) is 29.3 Å².